The third-order valence-corrected chi connectivity index (χ3v) is 6.58. The Balaban J connectivity index is 0.00000380. The van der Waals surface area contributed by atoms with E-state index < -0.39 is 23.8 Å². The number of nitrogens with zero attached hydrogens (tertiary/aromatic N) is 1. The van der Waals surface area contributed by atoms with E-state index in [0.29, 0.717) is 24.3 Å². The van der Waals surface area contributed by atoms with E-state index in [1.807, 2.05) is 6.07 Å². The molecule has 0 saturated heterocycles. The summed E-state index contributed by atoms with van der Waals surface area (Å²) in [5.41, 5.74) is 1.50. The summed E-state index contributed by atoms with van der Waals surface area (Å²) >= 11 is 0. The Kier molecular flexibility index (Phi) is 9.62. The van der Waals surface area contributed by atoms with Gasteiger partial charge in [0.05, 0.1) is 18.5 Å². The van der Waals surface area contributed by atoms with Gasteiger partial charge < -0.3 is 20.1 Å². The first-order chi connectivity index (χ1) is 17.2. The van der Waals surface area contributed by atoms with Crippen LogP contribution < -0.4 is 15.0 Å². The number of ether oxygens (including phenoxy) is 1. The van der Waals surface area contributed by atoms with Crippen LogP contribution in [0, 0.1) is 5.92 Å². The number of fused-ring (bicyclic) bond motifs is 1. The number of benzene rings is 2. The highest BCUT2D eigenvalue weighted by Gasteiger charge is 2.33. The van der Waals surface area contributed by atoms with Gasteiger partial charge >= 0.3 is 12.1 Å². The second kappa shape index (κ2) is 12.5. The summed E-state index contributed by atoms with van der Waals surface area (Å²) in [7, 11) is 0. The number of carboxylic acid groups (broad SMARTS) is 1. The highest BCUT2D eigenvalue weighted by molar-refractivity contribution is 5.96. The van der Waals surface area contributed by atoms with Gasteiger partial charge in [-0.15, -0.1) is 12.4 Å². The van der Waals surface area contributed by atoms with Crippen LogP contribution >= 0.6 is 12.4 Å². The van der Waals surface area contributed by atoms with E-state index in [9.17, 15) is 22.8 Å². The van der Waals surface area contributed by atoms with Crippen molar-refractivity contribution >= 4 is 30.0 Å². The van der Waals surface area contributed by atoms with Crippen molar-refractivity contribution in [3.8, 4) is 5.75 Å². The summed E-state index contributed by atoms with van der Waals surface area (Å²) in [6.45, 7) is 0.752. The lowest BCUT2D eigenvalue weighted by molar-refractivity contribution is -0.138. The van der Waals surface area contributed by atoms with E-state index in [4.69, 9.17) is 9.84 Å². The highest BCUT2D eigenvalue weighted by Crippen LogP contribution is 2.39. The molecule has 0 radical (unpaired) electrons. The van der Waals surface area contributed by atoms with E-state index in [-0.39, 0.29) is 43.7 Å². The molecule has 0 aromatic heterocycles. The summed E-state index contributed by atoms with van der Waals surface area (Å²) in [5, 5.41) is 11.6. The third kappa shape index (κ3) is 7.26. The number of carboxylic acids is 1. The topological polar surface area (TPSA) is 78.9 Å². The number of halogens is 4. The van der Waals surface area contributed by atoms with Gasteiger partial charge in [-0.05, 0) is 67.1 Å². The molecule has 37 heavy (non-hydrogen) atoms. The van der Waals surface area contributed by atoms with Crippen molar-refractivity contribution in [3.05, 3.63) is 71.3 Å². The Hall–Kier alpha value is -3.04. The van der Waals surface area contributed by atoms with Crippen molar-refractivity contribution < 1.29 is 32.6 Å². The normalized spacial score (nSPS) is 17.6. The molecule has 2 aromatic rings. The molecule has 2 N–H and O–H groups in total. The number of anilines is 1. The first-order valence-electron chi connectivity index (χ1n) is 12.1. The number of carbonyl (C=O) groups excluding carboxylic acids is 1. The first kappa shape index (κ1) is 28.5. The zero-order valence-electron chi connectivity index (χ0n) is 20.2. The van der Waals surface area contributed by atoms with E-state index in [2.05, 4.69) is 17.5 Å². The molecule has 1 aliphatic heterocycles. The maximum absolute atomic E-state index is 13.4. The Morgan fingerprint density at radius 3 is 2.68 bits per heavy atom. The maximum atomic E-state index is 13.4. The van der Waals surface area contributed by atoms with Gasteiger partial charge in [0.15, 0.2) is 0 Å². The number of carbonyl (C=O) groups is 2. The molecule has 0 fully saturated rings. The van der Waals surface area contributed by atoms with Crippen molar-refractivity contribution in [2.75, 3.05) is 24.5 Å². The van der Waals surface area contributed by atoms with Gasteiger partial charge in [0.1, 0.15) is 11.9 Å². The van der Waals surface area contributed by atoms with E-state index >= 15 is 0 Å². The fourth-order valence-corrected chi connectivity index (χ4v) is 4.76. The molecule has 1 aliphatic carbocycles. The first-order valence-corrected chi connectivity index (χ1v) is 12.1. The maximum Gasteiger partial charge on any atom is 0.416 e. The standard InChI is InChI=1S/C27H29F3N2O4.ClH/c28-27(29,30)21-8-4-7-20(15-21)26(18-5-2-1-3-6-18)36-22-9-10-23-19(16-22)12-14-32(23)24(33)17-31-13-11-25(34)35;/h1-2,4,7-10,15-16,18,26,31H,3,5-6,11-14,17H2,(H,34,35);1H. The summed E-state index contributed by atoms with van der Waals surface area (Å²) in [6, 6.07) is 10.8. The Morgan fingerprint density at radius 2 is 1.97 bits per heavy atom. The van der Waals surface area contributed by atoms with E-state index in [1.165, 1.54) is 12.1 Å². The molecular weight excluding hydrogens is 509 g/mol. The molecule has 0 saturated carbocycles. The van der Waals surface area contributed by atoms with E-state index in [1.54, 1.807) is 23.1 Å². The number of aliphatic carboxylic acids is 1. The molecular formula is C27H30ClF3N2O4. The third-order valence-electron chi connectivity index (χ3n) is 6.58. The molecule has 10 heteroatoms. The lowest BCUT2D eigenvalue weighted by atomic mass is 9.85. The van der Waals surface area contributed by atoms with Crippen molar-refractivity contribution in [2.24, 2.45) is 5.92 Å². The van der Waals surface area contributed by atoms with Gasteiger partial charge in [0.2, 0.25) is 5.91 Å². The van der Waals surface area contributed by atoms with Crippen LogP contribution in [-0.4, -0.2) is 36.6 Å². The number of nitrogens with one attached hydrogen (secondary N) is 1. The van der Waals surface area contributed by atoms with Crippen LogP contribution in [0.2, 0.25) is 0 Å². The molecule has 2 aliphatic rings. The predicted octanol–water partition coefficient (Wildman–Crippen LogP) is 5.56. The van der Waals surface area contributed by atoms with Crippen LogP contribution in [0.1, 0.15) is 48.5 Å². The van der Waals surface area contributed by atoms with Gasteiger partial charge in [0.25, 0.3) is 0 Å². The fourth-order valence-electron chi connectivity index (χ4n) is 4.76. The largest absolute Gasteiger partial charge is 0.485 e. The van der Waals surface area contributed by atoms with E-state index in [0.717, 1.165) is 36.6 Å². The zero-order chi connectivity index (χ0) is 25.7. The molecule has 2 atom stereocenters. The highest BCUT2D eigenvalue weighted by atomic mass is 35.5. The smallest absolute Gasteiger partial charge is 0.416 e. The van der Waals surface area contributed by atoms with Crippen LogP contribution in [0.25, 0.3) is 0 Å². The monoisotopic (exact) mass is 538 g/mol. The molecule has 2 unspecified atom stereocenters. The van der Waals surface area contributed by atoms with Crippen molar-refractivity contribution in [1.29, 1.82) is 0 Å². The Labute approximate surface area is 219 Å². The van der Waals surface area contributed by atoms with Crippen molar-refractivity contribution in [3.63, 3.8) is 0 Å². The quantitative estimate of drug-likeness (QED) is 0.323. The van der Waals surface area contributed by atoms with Gasteiger partial charge in [-0.1, -0.05) is 24.3 Å². The number of hydrogen-bond donors (Lipinski definition) is 2. The molecule has 1 heterocycles. The van der Waals surface area contributed by atoms with Crippen LogP contribution in [0.4, 0.5) is 18.9 Å². The number of hydrogen-bond acceptors (Lipinski definition) is 4. The van der Waals surface area contributed by atoms with Gasteiger partial charge in [-0.25, -0.2) is 0 Å². The minimum atomic E-state index is -4.43. The summed E-state index contributed by atoms with van der Waals surface area (Å²) in [4.78, 5) is 24.9. The Bertz CT molecular complexity index is 1140. The lowest BCUT2D eigenvalue weighted by Crippen LogP contribution is -2.37. The average molecular weight is 539 g/mol. The van der Waals surface area contributed by atoms with Gasteiger partial charge in [-0.3, -0.25) is 9.59 Å². The second-order valence-corrected chi connectivity index (χ2v) is 9.11. The zero-order valence-corrected chi connectivity index (χ0v) is 21.0. The molecule has 0 spiro atoms. The van der Waals surface area contributed by atoms with Crippen LogP contribution in [0.15, 0.2) is 54.6 Å². The molecule has 0 bridgehead atoms. The number of alkyl halides is 3. The van der Waals surface area contributed by atoms with Gasteiger partial charge in [0, 0.05) is 24.7 Å². The molecule has 4 rings (SSSR count). The molecule has 2 aromatic carbocycles. The number of allylic oxidation sites excluding steroid dienone is 2. The SMILES string of the molecule is Cl.O=C(O)CCNCC(=O)N1CCc2cc(OC(c3cccc(C(F)(F)F)c3)C3CC=CCC3)ccc21. The van der Waals surface area contributed by atoms with Crippen molar-refractivity contribution in [1.82, 2.24) is 5.32 Å². The summed E-state index contributed by atoms with van der Waals surface area (Å²) in [5.74, 6) is -0.480. The average Bonchev–Trinajstić information content (AvgIpc) is 3.28. The predicted molar refractivity (Wildman–Crippen MR) is 136 cm³/mol. The summed E-state index contributed by atoms with van der Waals surface area (Å²) in [6.07, 6.45) is 2.13. The fraction of sp³-hybridized carbons (Fsp3) is 0.407. The molecule has 6 nitrogen and oxygen atoms in total. The van der Waals surface area contributed by atoms with Gasteiger partial charge in [-0.2, -0.15) is 13.2 Å². The van der Waals surface area contributed by atoms with Crippen LogP contribution in [0.3, 0.4) is 0 Å². The van der Waals surface area contributed by atoms with Crippen LogP contribution in [0.5, 0.6) is 5.75 Å². The summed E-state index contributed by atoms with van der Waals surface area (Å²) < 4.78 is 46.5. The van der Waals surface area contributed by atoms with Crippen molar-refractivity contribution in [2.45, 2.75) is 44.4 Å². The molecule has 1 amide bonds. The minimum Gasteiger partial charge on any atom is -0.485 e. The molecule has 200 valence electrons. The lowest BCUT2D eigenvalue weighted by Gasteiger charge is -2.30. The van der Waals surface area contributed by atoms with Crippen LogP contribution in [-0.2, 0) is 22.2 Å². The minimum absolute atomic E-state index is 0. The number of rotatable bonds is 9. The number of amides is 1. The second-order valence-electron chi connectivity index (χ2n) is 9.11. The Morgan fingerprint density at radius 1 is 1.16 bits per heavy atom.